The molecule has 0 bridgehead atoms. The van der Waals surface area contributed by atoms with Gasteiger partial charge >= 0.3 is 0 Å². The Kier molecular flexibility index (Phi) is 4.45. The van der Waals surface area contributed by atoms with E-state index in [4.69, 9.17) is 6.42 Å². The number of nitrogens with zero attached hydrogens (tertiary/aromatic N) is 1. The Morgan fingerprint density at radius 2 is 2.00 bits per heavy atom. The van der Waals surface area contributed by atoms with Gasteiger partial charge in [-0.15, -0.1) is 6.42 Å². The summed E-state index contributed by atoms with van der Waals surface area (Å²) in [6.45, 7) is 9.85. The monoisotopic (exact) mass is 265 g/mol. The smallest absolute Gasteiger partial charge is 0.258 e. The molecule has 1 aliphatic rings. The fraction of sp³-hybridized carbons (Fsp3) is 0.688. The van der Waals surface area contributed by atoms with Gasteiger partial charge in [0.05, 0.1) is 6.54 Å². The molecule has 0 radical (unpaired) electrons. The molecule has 106 valence electrons. The normalized spacial score (nSPS) is 20.9. The lowest BCUT2D eigenvalue weighted by atomic mass is 9.64. The van der Waals surface area contributed by atoms with Crippen LogP contribution in [-0.2, 0) is 4.79 Å². The molecule has 0 saturated carbocycles. The van der Waals surface area contributed by atoms with Crippen molar-refractivity contribution in [2.75, 3.05) is 13.2 Å². The van der Waals surface area contributed by atoms with Crippen molar-refractivity contribution in [1.29, 1.82) is 0 Å². The maximum atomic E-state index is 12.7. The Morgan fingerprint density at radius 1 is 1.42 bits per heavy atom. The Bertz CT molecular complexity index is 440. The molecule has 1 amide bonds. The summed E-state index contributed by atoms with van der Waals surface area (Å²) in [5, 5.41) is 0. The van der Waals surface area contributed by atoms with Crippen LogP contribution in [0.25, 0.3) is 0 Å². The van der Waals surface area contributed by atoms with E-state index in [1.165, 1.54) is 4.90 Å². The molecule has 0 aromatic heterocycles. The third-order valence-electron chi connectivity index (χ3n) is 4.01. The van der Waals surface area contributed by atoms with Crippen LogP contribution in [0.1, 0.15) is 47.5 Å². The van der Waals surface area contributed by atoms with Gasteiger partial charge in [0, 0.05) is 5.70 Å². The van der Waals surface area contributed by atoms with Gasteiger partial charge in [0.1, 0.15) is 0 Å². The molecule has 2 nitrogen and oxygen atoms in total. The molecule has 0 aromatic carbocycles. The highest BCUT2D eigenvalue weighted by Gasteiger charge is 2.39. The van der Waals surface area contributed by atoms with Gasteiger partial charge in [-0.3, -0.25) is 4.79 Å². The minimum atomic E-state index is -1.00. The van der Waals surface area contributed by atoms with Crippen LogP contribution in [0.15, 0.2) is 11.3 Å². The topological polar surface area (TPSA) is 20.3 Å². The average Bonchev–Trinajstić information content (AvgIpc) is 2.29. The molecular weight excluding hydrogens is 241 g/mol. The van der Waals surface area contributed by atoms with Gasteiger partial charge in [-0.25, -0.2) is 4.39 Å². The molecule has 0 heterocycles. The number of carbonyl (C=O) groups is 1. The second-order valence-corrected chi connectivity index (χ2v) is 6.79. The molecule has 0 saturated heterocycles. The first-order valence-corrected chi connectivity index (χ1v) is 6.64. The van der Waals surface area contributed by atoms with Crippen molar-refractivity contribution < 1.29 is 9.18 Å². The number of alkyl halides is 1. The van der Waals surface area contributed by atoms with Gasteiger partial charge in [-0.05, 0) is 36.2 Å². The molecule has 0 atom stereocenters. The zero-order valence-electron chi connectivity index (χ0n) is 12.6. The third-order valence-corrected chi connectivity index (χ3v) is 4.01. The summed E-state index contributed by atoms with van der Waals surface area (Å²) in [6, 6.07) is 0. The van der Waals surface area contributed by atoms with Crippen LogP contribution < -0.4 is 0 Å². The van der Waals surface area contributed by atoms with Crippen LogP contribution in [0.5, 0.6) is 0 Å². The first-order valence-electron chi connectivity index (χ1n) is 6.64. The number of halogens is 1. The second-order valence-electron chi connectivity index (χ2n) is 6.79. The number of carbonyl (C=O) groups excluding carboxylic acids is 1. The standard InChI is InChI=1S/C16H24FNO/c1-7-8-18(14(19)10-17)13-9-15(3,4)11-16(5,6)12(13)2/h1H,8-11H2,2-6H3. The number of hydrogen-bond donors (Lipinski definition) is 0. The van der Waals surface area contributed by atoms with E-state index in [0.29, 0.717) is 0 Å². The third kappa shape index (κ3) is 3.37. The quantitative estimate of drug-likeness (QED) is 0.715. The summed E-state index contributed by atoms with van der Waals surface area (Å²) in [5.41, 5.74) is 2.13. The molecule has 3 heteroatoms. The van der Waals surface area contributed by atoms with Gasteiger partial charge in [0.15, 0.2) is 6.67 Å². The lowest BCUT2D eigenvalue weighted by molar-refractivity contribution is -0.130. The van der Waals surface area contributed by atoms with E-state index in [-0.39, 0.29) is 17.4 Å². The van der Waals surface area contributed by atoms with Crippen LogP contribution >= 0.6 is 0 Å². The van der Waals surface area contributed by atoms with Crippen molar-refractivity contribution >= 4 is 5.91 Å². The molecule has 0 aromatic rings. The maximum Gasteiger partial charge on any atom is 0.258 e. The number of terminal acetylenes is 1. The van der Waals surface area contributed by atoms with E-state index in [2.05, 4.69) is 33.6 Å². The summed E-state index contributed by atoms with van der Waals surface area (Å²) in [5.74, 6) is 1.92. The molecule has 1 aliphatic carbocycles. The van der Waals surface area contributed by atoms with Crippen molar-refractivity contribution in [3.63, 3.8) is 0 Å². The van der Waals surface area contributed by atoms with E-state index in [1.54, 1.807) is 0 Å². The lowest BCUT2D eigenvalue weighted by Crippen LogP contribution is -2.40. The lowest BCUT2D eigenvalue weighted by Gasteiger charge is -2.45. The summed E-state index contributed by atoms with van der Waals surface area (Å²) in [4.78, 5) is 13.2. The minimum absolute atomic E-state index is 0.000521. The number of rotatable bonds is 3. The molecule has 0 N–H and O–H groups in total. The fourth-order valence-electron chi connectivity index (χ4n) is 3.16. The highest BCUT2D eigenvalue weighted by atomic mass is 19.1. The zero-order chi connectivity index (χ0) is 14.8. The first kappa shape index (κ1) is 15.8. The van der Waals surface area contributed by atoms with Crippen LogP contribution in [0.4, 0.5) is 4.39 Å². The minimum Gasteiger partial charge on any atom is -0.302 e. The summed E-state index contributed by atoms with van der Waals surface area (Å²) in [6.07, 6.45) is 7.12. The molecule has 19 heavy (non-hydrogen) atoms. The molecule has 1 rings (SSSR count). The number of allylic oxidation sites excluding steroid dienone is 2. The number of hydrogen-bond acceptors (Lipinski definition) is 1. The van der Waals surface area contributed by atoms with E-state index >= 15 is 0 Å². The highest BCUT2D eigenvalue weighted by molar-refractivity contribution is 5.79. The summed E-state index contributed by atoms with van der Waals surface area (Å²) in [7, 11) is 0. The van der Waals surface area contributed by atoms with E-state index in [1.807, 2.05) is 6.92 Å². The predicted octanol–water partition coefficient (Wildman–Crippen LogP) is 3.54. The largest absolute Gasteiger partial charge is 0.302 e. The van der Waals surface area contributed by atoms with Crippen LogP contribution in [0.3, 0.4) is 0 Å². The average molecular weight is 265 g/mol. The second kappa shape index (κ2) is 5.36. The predicted molar refractivity (Wildman–Crippen MR) is 76.0 cm³/mol. The molecule has 0 spiro atoms. The van der Waals surface area contributed by atoms with E-state index in [0.717, 1.165) is 24.1 Å². The van der Waals surface area contributed by atoms with Gasteiger partial charge in [0.25, 0.3) is 5.91 Å². The molecule has 0 aliphatic heterocycles. The van der Waals surface area contributed by atoms with Crippen molar-refractivity contribution in [3.05, 3.63) is 11.3 Å². The van der Waals surface area contributed by atoms with E-state index < -0.39 is 12.6 Å². The number of amides is 1. The Balaban J connectivity index is 3.26. The van der Waals surface area contributed by atoms with Gasteiger partial charge in [-0.2, -0.15) is 0 Å². The highest BCUT2D eigenvalue weighted by Crippen LogP contribution is 2.49. The van der Waals surface area contributed by atoms with Crippen molar-refractivity contribution in [3.8, 4) is 12.3 Å². The first-order chi connectivity index (χ1) is 8.64. The SMILES string of the molecule is C#CCN(C(=O)CF)C1=C(C)C(C)(C)CC(C)(C)C1. The van der Waals surface area contributed by atoms with E-state index in [9.17, 15) is 9.18 Å². The maximum absolute atomic E-state index is 12.7. The molecular formula is C16H24FNO. The Morgan fingerprint density at radius 3 is 2.47 bits per heavy atom. The van der Waals surface area contributed by atoms with Crippen LogP contribution in [0.2, 0.25) is 0 Å². The van der Waals surface area contributed by atoms with Gasteiger partial charge in [0.2, 0.25) is 0 Å². The van der Waals surface area contributed by atoms with Gasteiger partial charge < -0.3 is 4.90 Å². The zero-order valence-corrected chi connectivity index (χ0v) is 12.6. The fourth-order valence-corrected chi connectivity index (χ4v) is 3.16. The van der Waals surface area contributed by atoms with Gasteiger partial charge in [-0.1, -0.05) is 33.6 Å². The van der Waals surface area contributed by atoms with Crippen molar-refractivity contribution in [2.24, 2.45) is 10.8 Å². The van der Waals surface area contributed by atoms with Crippen LogP contribution in [0, 0.1) is 23.2 Å². The molecule has 0 unspecified atom stereocenters. The summed E-state index contributed by atoms with van der Waals surface area (Å²) >= 11 is 0. The summed E-state index contributed by atoms with van der Waals surface area (Å²) < 4.78 is 12.7. The van der Waals surface area contributed by atoms with Crippen molar-refractivity contribution in [2.45, 2.75) is 47.5 Å². The Labute approximate surface area is 116 Å². The molecule has 0 fully saturated rings. The van der Waals surface area contributed by atoms with Crippen LogP contribution in [-0.4, -0.2) is 24.0 Å². The van der Waals surface area contributed by atoms with Crippen molar-refractivity contribution in [1.82, 2.24) is 4.90 Å². The Hall–Kier alpha value is -1.30.